The lowest BCUT2D eigenvalue weighted by molar-refractivity contribution is 0.443. The van der Waals surface area contributed by atoms with Crippen molar-refractivity contribution >= 4 is 21.4 Å². The van der Waals surface area contributed by atoms with Crippen LogP contribution in [-0.4, -0.2) is 31.9 Å². The van der Waals surface area contributed by atoms with E-state index in [1.54, 1.807) is 12.1 Å². The highest BCUT2D eigenvalue weighted by molar-refractivity contribution is 7.91. The van der Waals surface area contributed by atoms with Crippen molar-refractivity contribution in [3.63, 3.8) is 0 Å². The average molecular weight is 314 g/mol. The molecule has 0 bridgehead atoms. The van der Waals surface area contributed by atoms with Gasteiger partial charge >= 0.3 is 0 Å². The molecule has 112 valence electrons. The third-order valence-corrected chi connectivity index (χ3v) is 6.53. The van der Waals surface area contributed by atoms with E-state index in [4.69, 9.17) is 0 Å². The van der Waals surface area contributed by atoms with Gasteiger partial charge in [-0.05, 0) is 36.3 Å². The molecule has 0 amide bonds. The minimum atomic E-state index is -3.37. The second kappa shape index (κ2) is 6.85. The van der Waals surface area contributed by atoms with Gasteiger partial charge in [-0.3, -0.25) is 0 Å². The van der Waals surface area contributed by atoms with E-state index < -0.39 is 10.0 Å². The molecule has 0 atom stereocenters. The van der Waals surface area contributed by atoms with Gasteiger partial charge in [0.15, 0.2) is 0 Å². The monoisotopic (exact) mass is 314 g/mol. The molecule has 0 aliphatic heterocycles. The summed E-state index contributed by atoms with van der Waals surface area (Å²) in [7, 11) is -3.37. The highest BCUT2D eigenvalue weighted by atomic mass is 32.2. The molecule has 0 spiro atoms. The molecule has 0 aromatic carbocycles. The number of nitrogens with zero attached hydrogens (tertiary/aromatic N) is 1. The summed E-state index contributed by atoms with van der Waals surface area (Å²) in [6.45, 7) is 7.27. The molecule has 0 unspecified atom stereocenters. The molecule has 4 nitrogen and oxygen atoms in total. The Morgan fingerprint density at radius 3 is 2.90 bits per heavy atom. The van der Waals surface area contributed by atoms with Crippen molar-refractivity contribution in [3.05, 3.63) is 29.7 Å². The molecule has 1 N–H and O–H groups in total. The van der Waals surface area contributed by atoms with E-state index in [1.165, 1.54) is 28.5 Å². The van der Waals surface area contributed by atoms with Crippen LogP contribution in [0.4, 0.5) is 0 Å². The average Bonchev–Trinajstić information content (AvgIpc) is 3.12. The van der Waals surface area contributed by atoms with Crippen LogP contribution in [0, 0.1) is 0 Å². The van der Waals surface area contributed by atoms with Crippen molar-refractivity contribution in [1.29, 1.82) is 0 Å². The number of rotatable bonds is 9. The first kappa shape index (κ1) is 15.7. The van der Waals surface area contributed by atoms with E-state index in [2.05, 4.69) is 11.9 Å². The fraction of sp³-hybridized carbons (Fsp3) is 0.571. The number of sulfonamides is 1. The second-order valence-electron chi connectivity index (χ2n) is 5.08. The van der Waals surface area contributed by atoms with Crippen molar-refractivity contribution in [2.45, 2.75) is 43.0 Å². The summed E-state index contributed by atoms with van der Waals surface area (Å²) in [4.78, 5) is 0. The van der Waals surface area contributed by atoms with Gasteiger partial charge in [-0.1, -0.05) is 13.0 Å². The summed E-state index contributed by atoms with van der Waals surface area (Å²) in [5.74, 6) is 0. The van der Waals surface area contributed by atoms with E-state index in [9.17, 15) is 8.42 Å². The van der Waals surface area contributed by atoms with Crippen molar-refractivity contribution in [2.24, 2.45) is 0 Å². The third kappa shape index (κ3) is 3.91. The molecule has 1 fully saturated rings. The number of hydrogen-bond donors (Lipinski definition) is 1. The summed E-state index contributed by atoms with van der Waals surface area (Å²) in [5, 5.41) is 5.33. The minimum Gasteiger partial charge on any atom is -0.310 e. The van der Waals surface area contributed by atoms with Crippen LogP contribution in [0.25, 0.3) is 0 Å². The molecular weight excluding hydrogens is 292 g/mol. The quantitative estimate of drug-likeness (QED) is 0.713. The minimum absolute atomic E-state index is 0.365. The lowest BCUT2D eigenvalue weighted by Crippen LogP contribution is -2.31. The molecule has 6 heteroatoms. The predicted molar refractivity (Wildman–Crippen MR) is 83.4 cm³/mol. The summed E-state index contributed by atoms with van der Waals surface area (Å²) in [6, 6.07) is 2.42. The molecule has 1 aromatic rings. The molecule has 20 heavy (non-hydrogen) atoms. The normalized spacial score (nSPS) is 15.7. The standard InChI is InChI=1S/C14H22N2O2S2/c1-3-7-16(8-4-2)20(17,18)14-9-12(11-19-14)10-15-13-5-6-13/h3,9,11,13,15H,1,4-8,10H2,2H3. The lowest BCUT2D eigenvalue weighted by Gasteiger charge is -2.18. The SMILES string of the molecule is C=CCN(CCC)S(=O)(=O)c1cc(CNC2CC2)cs1. The van der Waals surface area contributed by atoms with Crippen LogP contribution in [0.3, 0.4) is 0 Å². The summed E-state index contributed by atoms with van der Waals surface area (Å²) < 4.78 is 27.0. The van der Waals surface area contributed by atoms with E-state index in [1.807, 2.05) is 12.3 Å². The maximum Gasteiger partial charge on any atom is 0.252 e. The second-order valence-corrected chi connectivity index (χ2v) is 8.16. The Bertz CT molecular complexity index is 547. The lowest BCUT2D eigenvalue weighted by atomic mass is 10.3. The maximum atomic E-state index is 12.5. The largest absolute Gasteiger partial charge is 0.310 e. The number of hydrogen-bond acceptors (Lipinski definition) is 4. The van der Waals surface area contributed by atoms with Gasteiger partial charge in [0, 0.05) is 25.7 Å². The first-order valence-electron chi connectivity index (χ1n) is 6.99. The van der Waals surface area contributed by atoms with Gasteiger partial charge in [0.25, 0.3) is 10.0 Å². The third-order valence-electron chi connectivity index (χ3n) is 3.20. The summed E-state index contributed by atoms with van der Waals surface area (Å²) in [6.07, 6.45) is 4.91. The molecule has 1 aliphatic carbocycles. The molecule has 0 saturated heterocycles. The first-order valence-corrected chi connectivity index (χ1v) is 9.31. The van der Waals surface area contributed by atoms with Gasteiger partial charge in [-0.15, -0.1) is 17.9 Å². The zero-order valence-corrected chi connectivity index (χ0v) is 13.5. The van der Waals surface area contributed by atoms with Crippen LogP contribution in [0.5, 0.6) is 0 Å². The van der Waals surface area contributed by atoms with Crippen LogP contribution in [-0.2, 0) is 16.6 Å². The van der Waals surface area contributed by atoms with Crippen molar-refractivity contribution < 1.29 is 8.42 Å². The van der Waals surface area contributed by atoms with Gasteiger partial charge in [-0.2, -0.15) is 4.31 Å². The van der Waals surface area contributed by atoms with E-state index in [0.29, 0.717) is 23.3 Å². The molecule has 1 aliphatic rings. The van der Waals surface area contributed by atoms with Crippen molar-refractivity contribution in [2.75, 3.05) is 13.1 Å². The van der Waals surface area contributed by atoms with Crippen LogP contribution >= 0.6 is 11.3 Å². The fourth-order valence-corrected chi connectivity index (χ4v) is 4.83. The predicted octanol–water partition coefficient (Wildman–Crippen LogP) is 2.59. The topological polar surface area (TPSA) is 49.4 Å². The zero-order valence-electron chi connectivity index (χ0n) is 11.8. The van der Waals surface area contributed by atoms with E-state index >= 15 is 0 Å². The Morgan fingerprint density at radius 1 is 1.55 bits per heavy atom. The first-order chi connectivity index (χ1) is 9.57. The Hall–Kier alpha value is -0.690. The van der Waals surface area contributed by atoms with E-state index in [0.717, 1.165) is 18.5 Å². The van der Waals surface area contributed by atoms with Crippen molar-refractivity contribution in [1.82, 2.24) is 9.62 Å². The molecule has 0 radical (unpaired) electrons. The van der Waals surface area contributed by atoms with Gasteiger partial charge in [-0.25, -0.2) is 8.42 Å². The Morgan fingerprint density at radius 2 is 2.30 bits per heavy atom. The van der Waals surface area contributed by atoms with Crippen LogP contribution in [0.15, 0.2) is 28.3 Å². The highest BCUT2D eigenvalue weighted by Gasteiger charge is 2.25. The fourth-order valence-electron chi connectivity index (χ4n) is 1.96. The summed E-state index contributed by atoms with van der Waals surface area (Å²) in [5.41, 5.74) is 1.05. The molecule has 1 saturated carbocycles. The molecular formula is C14H22N2O2S2. The smallest absolute Gasteiger partial charge is 0.252 e. The molecule has 1 aromatic heterocycles. The zero-order chi connectivity index (χ0) is 14.6. The molecule has 1 heterocycles. The van der Waals surface area contributed by atoms with E-state index in [-0.39, 0.29) is 0 Å². The Kier molecular flexibility index (Phi) is 5.37. The maximum absolute atomic E-state index is 12.5. The van der Waals surface area contributed by atoms with Gasteiger partial charge in [0.2, 0.25) is 0 Å². The van der Waals surface area contributed by atoms with Crippen LogP contribution in [0.2, 0.25) is 0 Å². The van der Waals surface area contributed by atoms with Crippen molar-refractivity contribution in [3.8, 4) is 0 Å². The van der Waals surface area contributed by atoms with Gasteiger partial charge in [0.1, 0.15) is 4.21 Å². The summed E-state index contributed by atoms with van der Waals surface area (Å²) >= 11 is 1.30. The molecule has 2 rings (SSSR count). The highest BCUT2D eigenvalue weighted by Crippen LogP contribution is 2.25. The Labute approximate surface area is 125 Å². The van der Waals surface area contributed by atoms with Gasteiger partial charge < -0.3 is 5.32 Å². The van der Waals surface area contributed by atoms with Gasteiger partial charge in [0.05, 0.1) is 0 Å². The number of thiophene rings is 1. The van der Waals surface area contributed by atoms with Crippen LogP contribution < -0.4 is 5.32 Å². The van der Waals surface area contributed by atoms with Crippen LogP contribution in [0.1, 0.15) is 31.7 Å². The Balaban J connectivity index is 2.08. The number of nitrogens with one attached hydrogen (secondary N) is 1.